The fraction of sp³-hybridized carbons (Fsp3) is 0.625. The summed E-state index contributed by atoms with van der Waals surface area (Å²) >= 11 is -1.58. The van der Waals surface area contributed by atoms with Crippen molar-refractivity contribution >= 4 is 35.1 Å². The summed E-state index contributed by atoms with van der Waals surface area (Å²) in [5, 5.41) is 12.3. The van der Waals surface area contributed by atoms with Crippen molar-refractivity contribution in [3.8, 4) is 0 Å². The number of hydrogen-bond acceptors (Lipinski definition) is 6. The largest absolute Gasteiger partial charge is 0.616 e. The Kier molecular flexibility index (Phi) is 12.9. The molecule has 10 nitrogen and oxygen atoms in total. The summed E-state index contributed by atoms with van der Waals surface area (Å²) in [6.07, 6.45) is 2.24. The number of nitrogens with one attached hydrogen (secondary N) is 1. The molecule has 0 aliphatic heterocycles. The monoisotopic (exact) mass is 621 g/mol. The molecular weight excluding hydrogens is 570 g/mol. The van der Waals surface area contributed by atoms with Crippen molar-refractivity contribution in [3.63, 3.8) is 0 Å². The van der Waals surface area contributed by atoms with Crippen molar-refractivity contribution in [1.29, 1.82) is 0 Å². The Morgan fingerprint density at radius 1 is 0.977 bits per heavy atom. The van der Waals surface area contributed by atoms with Crippen molar-refractivity contribution in [2.45, 2.75) is 103 Å². The number of carbonyl (C=O) groups is 4. The molecule has 0 saturated carbocycles. The van der Waals surface area contributed by atoms with E-state index in [0.29, 0.717) is 0 Å². The van der Waals surface area contributed by atoms with Gasteiger partial charge in [0.05, 0.1) is 12.3 Å². The maximum Gasteiger partial charge on any atom is 0.410 e. The van der Waals surface area contributed by atoms with Crippen LogP contribution in [0, 0.1) is 5.92 Å². The summed E-state index contributed by atoms with van der Waals surface area (Å²) in [6.45, 7) is 17.2. The van der Waals surface area contributed by atoms with Gasteiger partial charge in [-0.2, -0.15) is 0 Å². The summed E-state index contributed by atoms with van der Waals surface area (Å²) in [5.41, 5.74) is -0.925. The number of carbonyl (C=O) groups excluding carboxylic acids is 3. The highest BCUT2D eigenvalue weighted by Gasteiger charge is 2.50. The van der Waals surface area contributed by atoms with Crippen LogP contribution in [0.2, 0.25) is 0 Å². The molecule has 1 aromatic carbocycles. The van der Waals surface area contributed by atoms with Gasteiger partial charge in [0, 0.05) is 25.1 Å². The van der Waals surface area contributed by atoms with Crippen LogP contribution < -0.4 is 5.32 Å². The Balaban J connectivity index is 3.73. The molecule has 43 heavy (non-hydrogen) atoms. The van der Waals surface area contributed by atoms with Crippen LogP contribution in [0.5, 0.6) is 0 Å². The zero-order valence-corrected chi connectivity index (χ0v) is 28.8. The Morgan fingerprint density at radius 3 is 1.91 bits per heavy atom. The second-order valence-electron chi connectivity index (χ2n) is 13.4. The summed E-state index contributed by atoms with van der Waals surface area (Å²) in [7, 11) is 3.01. The average molecular weight is 622 g/mol. The van der Waals surface area contributed by atoms with Crippen LogP contribution >= 0.6 is 0 Å². The number of carboxylic acids is 1. The number of ether oxygens (including phenoxy) is 1. The van der Waals surface area contributed by atoms with Crippen molar-refractivity contribution < 1.29 is 33.6 Å². The molecule has 0 saturated heterocycles. The lowest BCUT2D eigenvalue weighted by Gasteiger charge is -2.42. The zero-order chi connectivity index (χ0) is 33.7. The van der Waals surface area contributed by atoms with Gasteiger partial charge < -0.3 is 24.6 Å². The van der Waals surface area contributed by atoms with Crippen LogP contribution in [0.4, 0.5) is 4.79 Å². The highest BCUT2D eigenvalue weighted by atomic mass is 32.2. The second-order valence-corrected chi connectivity index (χ2v) is 15.4. The lowest BCUT2D eigenvalue weighted by atomic mass is 9.76. The zero-order valence-electron chi connectivity index (χ0n) is 28.0. The Bertz CT molecular complexity index is 1170. The predicted octanol–water partition coefficient (Wildman–Crippen LogP) is 4.36. The molecule has 0 bridgehead atoms. The molecule has 0 aliphatic carbocycles. The first-order valence-electron chi connectivity index (χ1n) is 14.3. The minimum Gasteiger partial charge on any atom is -0.616 e. The van der Waals surface area contributed by atoms with Crippen molar-refractivity contribution in [2.75, 3.05) is 20.4 Å². The lowest BCUT2D eigenvalue weighted by Crippen LogP contribution is -2.66. The number of nitrogens with zero attached hydrogens (tertiary/aromatic N) is 2. The lowest BCUT2D eigenvalue weighted by molar-refractivity contribution is -0.139. The quantitative estimate of drug-likeness (QED) is 0.261. The average Bonchev–Trinajstić information content (AvgIpc) is 2.88. The molecule has 0 aliphatic rings. The number of aliphatic carboxylic acids is 1. The molecule has 0 fully saturated rings. The Morgan fingerprint density at radius 2 is 1.49 bits per heavy atom. The fourth-order valence-corrected chi connectivity index (χ4v) is 5.29. The molecule has 4 atom stereocenters. The van der Waals surface area contributed by atoms with Crippen molar-refractivity contribution in [2.24, 2.45) is 5.92 Å². The number of likely N-dealkylation sites (N-methyl/N-ethyl adjacent to an activating group) is 2. The standard InChI is InChI=1S/C32H51N3O7S/c1-20(2)23(19-21(3)28(38)39)34(11)27(37)24(32(9,10)43(13)41)33-26(36)25(35(12)29(40)42-30(4,5)6)31(7,8)22-17-15-14-16-18-22/h14-20,23-25H,1-13H3,(H,33,36)(H,38,39)/b21-19+/t23-,24-,25-,43?/m1/s1. The minimum absolute atomic E-state index is 0.0703. The van der Waals surface area contributed by atoms with E-state index in [1.54, 1.807) is 34.6 Å². The van der Waals surface area contributed by atoms with Crippen LogP contribution in [-0.4, -0.2) is 92.2 Å². The van der Waals surface area contributed by atoms with Gasteiger partial charge in [0.1, 0.15) is 16.4 Å². The Labute approximate surface area is 260 Å². The van der Waals surface area contributed by atoms with Crippen molar-refractivity contribution in [1.82, 2.24) is 15.1 Å². The Hall–Kier alpha value is -3.05. The molecule has 1 rings (SSSR count). The van der Waals surface area contributed by atoms with Gasteiger partial charge in [-0.1, -0.05) is 64.1 Å². The molecule has 3 amide bonds. The predicted molar refractivity (Wildman–Crippen MR) is 170 cm³/mol. The summed E-state index contributed by atoms with van der Waals surface area (Å²) < 4.78 is 17.4. The second kappa shape index (κ2) is 14.6. The number of rotatable bonds is 12. The van der Waals surface area contributed by atoms with Gasteiger partial charge in [0.15, 0.2) is 6.04 Å². The molecule has 0 spiro atoms. The van der Waals surface area contributed by atoms with Crippen LogP contribution in [0.15, 0.2) is 42.0 Å². The number of amides is 3. The highest BCUT2D eigenvalue weighted by molar-refractivity contribution is 7.92. The van der Waals surface area contributed by atoms with E-state index in [9.17, 15) is 28.8 Å². The van der Waals surface area contributed by atoms with E-state index in [2.05, 4.69) is 5.32 Å². The topological polar surface area (TPSA) is 139 Å². The third-order valence-electron chi connectivity index (χ3n) is 7.72. The van der Waals surface area contributed by atoms with Gasteiger partial charge >= 0.3 is 12.1 Å². The fourth-order valence-electron chi connectivity index (χ4n) is 4.80. The minimum atomic E-state index is -1.58. The molecule has 1 aromatic rings. The van der Waals surface area contributed by atoms with E-state index in [0.717, 1.165) is 5.56 Å². The smallest absolute Gasteiger partial charge is 0.410 e. The first kappa shape index (κ1) is 38.0. The van der Waals surface area contributed by atoms with Gasteiger partial charge in [-0.15, -0.1) is 0 Å². The molecule has 242 valence electrons. The molecule has 1 unspecified atom stereocenters. The summed E-state index contributed by atoms with van der Waals surface area (Å²) in [4.78, 5) is 55.9. The van der Waals surface area contributed by atoms with Gasteiger partial charge in [0.25, 0.3) is 5.91 Å². The third-order valence-corrected chi connectivity index (χ3v) is 9.44. The van der Waals surface area contributed by atoms with Gasteiger partial charge in [-0.25, -0.2) is 9.59 Å². The van der Waals surface area contributed by atoms with Gasteiger partial charge in [0.2, 0.25) is 5.91 Å². The van der Waals surface area contributed by atoms with Crippen LogP contribution in [-0.2, 0) is 35.7 Å². The maximum atomic E-state index is 14.3. The van der Waals surface area contributed by atoms with Gasteiger partial charge in [-0.3, -0.25) is 14.5 Å². The molecule has 0 heterocycles. The van der Waals surface area contributed by atoms with Crippen molar-refractivity contribution in [3.05, 3.63) is 47.5 Å². The number of carboxylic acid groups (broad SMARTS) is 1. The van der Waals surface area contributed by atoms with Crippen LogP contribution in [0.3, 0.4) is 0 Å². The van der Waals surface area contributed by atoms with Crippen LogP contribution in [0.1, 0.15) is 74.8 Å². The van der Waals surface area contributed by atoms with E-state index in [-0.39, 0.29) is 11.5 Å². The maximum absolute atomic E-state index is 14.3. The SMILES string of the molecule is C/C(=C\[C@H](C(C)C)N(C)C(=O)[C@@H](NC(=O)[C@@H](N(C)C(=O)OC(C)(C)C)C(C)(C)c1ccccc1)C(C)(C)[S+](C)[O-])C(=O)O. The number of benzene rings is 1. The molecule has 2 N–H and O–H groups in total. The molecular formula is C32H51N3O7S. The first-order valence-corrected chi connectivity index (χ1v) is 15.9. The van der Waals surface area contributed by atoms with Gasteiger partial charge in [-0.05, 0) is 64.2 Å². The van der Waals surface area contributed by atoms with E-state index < -0.39 is 68.9 Å². The summed E-state index contributed by atoms with van der Waals surface area (Å²) in [6, 6.07) is 6.19. The third kappa shape index (κ3) is 9.72. The van der Waals surface area contributed by atoms with Crippen LogP contribution in [0.25, 0.3) is 0 Å². The summed E-state index contributed by atoms with van der Waals surface area (Å²) in [5.74, 6) is -2.45. The first-order chi connectivity index (χ1) is 19.5. The van der Waals surface area contributed by atoms with E-state index in [1.807, 2.05) is 58.0 Å². The molecule has 11 heteroatoms. The molecule has 0 aromatic heterocycles. The highest BCUT2D eigenvalue weighted by Crippen LogP contribution is 2.32. The number of hydrogen-bond donors (Lipinski definition) is 2. The van der Waals surface area contributed by atoms with E-state index in [1.165, 1.54) is 43.2 Å². The van der Waals surface area contributed by atoms with E-state index >= 15 is 0 Å². The van der Waals surface area contributed by atoms with E-state index in [4.69, 9.17) is 4.74 Å². The molecule has 0 radical (unpaired) electrons. The normalized spacial score (nSPS) is 15.7.